The zero-order valence-corrected chi connectivity index (χ0v) is 4.91. The molecule has 9 heavy (non-hydrogen) atoms. The number of nitrogens with one attached hydrogen (secondary N) is 1. The van der Waals surface area contributed by atoms with Crippen molar-refractivity contribution in [2.24, 2.45) is 10.2 Å². The van der Waals surface area contributed by atoms with Crippen LogP contribution >= 0.6 is 0 Å². The van der Waals surface area contributed by atoms with Gasteiger partial charge < -0.3 is 5.31 Å². The molecule has 2 rings (SSSR count). The predicted molar refractivity (Wildman–Crippen MR) is 33.9 cm³/mol. The molecule has 0 aromatic heterocycles. The first-order chi connectivity index (χ1) is 4.86. The predicted octanol–water partition coefficient (Wildman–Crippen LogP) is 0.823. The number of azo groups is 1. The van der Waals surface area contributed by atoms with Gasteiger partial charge in [-0.05, 0) is 6.08 Å². The number of rotatable bonds is 0. The molecule has 1 N–H and O–H groups in total. The molecule has 0 atom stereocenters. The highest BCUT2D eigenvalue weighted by Crippen LogP contribution is 2.19. The van der Waals surface area contributed by atoms with Gasteiger partial charge in [0.1, 0.15) is 1.41 Å². The van der Waals surface area contributed by atoms with Crippen LogP contribution in [0, 0.1) is 0 Å². The summed E-state index contributed by atoms with van der Waals surface area (Å²) in [4.78, 5) is 0. The van der Waals surface area contributed by atoms with Crippen LogP contribution in [0.1, 0.15) is 0 Å². The van der Waals surface area contributed by atoms with Crippen molar-refractivity contribution in [3.8, 4) is 0 Å². The van der Waals surface area contributed by atoms with Gasteiger partial charge in [-0.25, -0.2) is 0 Å². The van der Waals surface area contributed by atoms with Crippen molar-refractivity contribution in [3.05, 3.63) is 23.5 Å². The second kappa shape index (κ2) is 1.77. The van der Waals surface area contributed by atoms with Crippen LogP contribution in [-0.4, -0.2) is 13.1 Å². The Kier molecular flexibility index (Phi) is 0.778. The zero-order chi connectivity index (χ0) is 6.97. The van der Waals surface area contributed by atoms with Crippen LogP contribution in [0.25, 0.3) is 0 Å². The molecule has 2 aliphatic rings. The van der Waals surface area contributed by atoms with Gasteiger partial charge in [0.15, 0.2) is 0 Å². The molecule has 0 amide bonds. The zero-order valence-electron chi connectivity index (χ0n) is 5.91. The summed E-state index contributed by atoms with van der Waals surface area (Å²) in [6, 6.07) is 0. The van der Waals surface area contributed by atoms with Crippen LogP contribution in [0.3, 0.4) is 0 Å². The summed E-state index contributed by atoms with van der Waals surface area (Å²) in [6.45, 7) is 1.31. The van der Waals surface area contributed by atoms with E-state index in [1.807, 2.05) is 6.08 Å². The molecule has 46 valence electrons. The molecule has 0 unspecified atom stereocenters. The molecule has 0 aliphatic carbocycles. The van der Waals surface area contributed by atoms with Gasteiger partial charge in [0.25, 0.3) is 0 Å². The second-order valence-electron chi connectivity index (χ2n) is 2.02. The van der Waals surface area contributed by atoms with Gasteiger partial charge in [-0.2, -0.15) is 10.2 Å². The van der Waals surface area contributed by atoms with Crippen LogP contribution < -0.4 is 5.31 Å². The third kappa shape index (κ3) is 0.695. The molecule has 0 radical (unpaired) electrons. The number of fused-ring (bicyclic) bond motifs is 1. The van der Waals surface area contributed by atoms with Gasteiger partial charge in [0.05, 0.1) is 11.9 Å². The SMILES string of the molecule is [2H]N1CC=C2N=NC=C2C1. The molecular weight excluding hydrogens is 114 g/mol. The first-order valence-electron chi connectivity index (χ1n) is 3.35. The molecule has 2 aliphatic heterocycles. The molecule has 0 fully saturated rings. The summed E-state index contributed by atoms with van der Waals surface area (Å²) < 4.78 is 7.29. The van der Waals surface area contributed by atoms with E-state index in [9.17, 15) is 0 Å². The molecule has 2 heterocycles. The van der Waals surface area contributed by atoms with E-state index in [0.717, 1.165) is 11.3 Å². The van der Waals surface area contributed by atoms with Gasteiger partial charge >= 0.3 is 0 Å². The van der Waals surface area contributed by atoms with Gasteiger partial charge in [-0.3, -0.25) is 0 Å². The van der Waals surface area contributed by atoms with Crippen molar-refractivity contribution < 1.29 is 1.41 Å². The van der Waals surface area contributed by atoms with Crippen LogP contribution in [0.2, 0.25) is 1.41 Å². The fraction of sp³-hybridized carbons (Fsp3) is 0.333. The molecule has 0 bridgehead atoms. The Labute approximate surface area is 54.6 Å². The van der Waals surface area contributed by atoms with Gasteiger partial charge in [0.2, 0.25) is 0 Å². The fourth-order valence-electron chi connectivity index (χ4n) is 0.921. The number of nitrogens with zero attached hydrogens (tertiary/aromatic N) is 2. The van der Waals surface area contributed by atoms with Crippen LogP contribution in [0.4, 0.5) is 0 Å². The topological polar surface area (TPSA) is 36.8 Å². The van der Waals surface area contributed by atoms with Gasteiger partial charge in [-0.1, -0.05) is 0 Å². The maximum Gasteiger partial charge on any atom is 0.123 e. The van der Waals surface area contributed by atoms with E-state index >= 15 is 0 Å². The van der Waals surface area contributed by atoms with Crippen molar-refractivity contribution in [2.45, 2.75) is 0 Å². The smallest absolute Gasteiger partial charge is 0.123 e. The molecule has 0 aromatic rings. The molecule has 3 nitrogen and oxygen atoms in total. The lowest BCUT2D eigenvalue weighted by Crippen LogP contribution is -2.21. The largest absolute Gasteiger partial charge is 0.309 e. The third-order valence-corrected chi connectivity index (χ3v) is 1.40. The van der Waals surface area contributed by atoms with E-state index in [1.54, 1.807) is 6.20 Å². The van der Waals surface area contributed by atoms with Crippen LogP contribution in [0.15, 0.2) is 33.8 Å². The molecule has 3 heteroatoms. The van der Waals surface area contributed by atoms with E-state index in [0.29, 0.717) is 13.1 Å². The average Bonchev–Trinajstić information content (AvgIpc) is 2.33. The Morgan fingerprint density at radius 1 is 1.78 bits per heavy atom. The van der Waals surface area contributed by atoms with Gasteiger partial charge in [-0.15, -0.1) is 0 Å². The van der Waals surface area contributed by atoms with E-state index in [1.165, 1.54) is 5.31 Å². The van der Waals surface area contributed by atoms with Crippen molar-refractivity contribution >= 4 is 0 Å². The first-order valence-corrected chi connectivity index (χ1v) is 2.90. The summed E-state index contributed by atoms with van der Waals surface area (Å²) in [6.07, 6.45) is 3.63. The summed E-state index contributed by atoms with van der Waals surface area (Å²) in [7, 11) is 0. The quantitative estimate of drug-likeness (QED) is 0.507. The molecule has 0 saturated heterocycles. The molecule has 0 saturated carbocycles. The highest BCUT2D eigenvalue weighted by Gasteiger charge is 2.11. The van der Waals surface area contributed by atoms with Crippen molar-refractivity contribution in [3.63, 3.8) is 0 Å². The summed E-state index contributed by atoms with van der Waals surface area (Å²) in [5.74, 6) is 0. The van der Waals surface area contributed by atoms with Crippen molar-refractivity contribution in [1.82, 2.24) is 5.31 Å². The second-order valence-corrected chi connectivity index (χ2v) is 2.02. The van der Waals surface area contributed by atoms with E-state index < -0.39 is 0 Å². The Bertz CT molecular complexity index is 241. The minimum Gasteiger partial charge on any atom is -0.309 e. The molecule has 0 aromatic carbocycles. The highest BCUT2D eigenvalue weighted by molar-refractivity contribution is 5.35. The monoisotopic (exact) mass is 122 g/mol. The standard InChI is InChI=1S/C6H7N3/c1-2-7-3-5-4-8-9-6(1)5/h1,4,7H,2-3H2/i/hD. The number of hydrogen-bond acceptors (Lipinski definition) is 3. The third-order valence-electron chi connectivity index (χ3n) is 1.40. The first kappa shape index (κ1) is 3.95. The molecule has 0 spiro atoms. The maximum absolute atomic E-state index is 7.29. The van der Waals surface area contributed by atoms with Crippen LogP contribution in [0.5, 0.6) is 0 Å². The van der Waals surface area contributed by atoms with E-state index in [2.05, 4.69) is 10.2 Å². The van der Waals surface area contributed by atoms with Crippen molar-refractivity contribution in [2.75, 3.05) is 13.1 Å². The lowest BCUT2D eigenvalue weighted by atomic mass is 10.1. The van der Waals surface area contributed by atoms with Crippen molar-refractivity contribution in [1.29, 1.82) is 0 Å². The average molecular weight is 122 g/mol. The summed E-state index contributed by atoms with van der Waals surface area (Å²) in [5.41, 5.74) is 2.00. The summed E-state index contributed by atoms with van der Waals surface area (Å²) >= 11 is 0. The normalized spacial score (nSPS) is 26.9. The highest BCUT2D eigenvalue weighted by atomic mass is 15.1. The van der Waals surface area contributed by atoms with E-state index in [-0.39, 0.29) is 0 Å². The van der Waals surface area contributed by atoms with E-state index in [4.69, 9.17) is 1.41 Å². The Hall–Kier alpha value is -0.960. The fourth-order valence-corrected chi connectivity index (χ4v) is 0.921. The van der Waals surface area contributed by atoms with Gasteiger partial charge in [0, 0.05) is 18.7 Å². The number of hydrogen-bond donors (Lipinski definition) is 1. The van der Waals surface area contributed by atoms with Crippen LogP contribution in [-0.2, 0) is 0 Å². The maximum atomic E-state index is 7.29. The minimum atomic E-state index is 0.652. The Morgan fingerprint density at radius 3 is 3.78 bits per heavy atom. The Balaban J connectivity index is 2.30. The molecular formula is C6H7N3. The minimum absolute atomic E-state index is 0.652. The lowest BCUT2D eigenvalue weighted by molar-refractivity contribution is 0.789. The lowest BCUT2D eigenvalue weighted by Gasteiger charge is -2.08. The summed E-state index contributed by atoms with van der Waals surface area (Å²) in [5, 5.41) is 9.10. The Morgan fingerprint density at radius 2 is 2.78 bits per heavy atom.